The average Bonchev–Trinajstić information content (AvgIpc) is 1.21. The molecule has 0 saturated carbocycles. The molecule has 5 heteroatoms. The Balaban J connectivity index is 3.73. The smallest absolute Gasteiger partial charge is 0.251 e. The van der Waals surface area contributed by atoms with Crippen LogP contribution in [0.3, 0.4) is 0 Å². The molecule has 0 rings (SSSR count). The van der Waals surface area contributed by atoms with Crippen molar-refractivity contribution >= 4 is 15.2 Å². The van der Waals surface area contributed by atoms with Gasteiger partial charge in [0.1, 0.15) is 0 Å². The summed E-state index contributed by atoms with van der Waals surface area (Å²) in [5.74, 6) is -0.0532. The van der Waals surface area contributed by atoms with E-state index in [1.165, 1.54) is 0 Å². The Morgan fingerprint density at radius 2 is 1.88 bits per heavy atom. The number of hydrogen-bond acceptors (Lipinski definition) is 3. The van der Waals surface area contributed by atoms with Gasteiger partial charge in [0.15, 0.2) is 13.4 Å². The summed E-state index contributed by atoms with van der Waals surface area (Å²) >= 11 is 0. The molecule has 0 aromatic heterocycles. The van der Waals surface area contributed by atoms with Crippen LogP contribution in [0.15, 0.2) is 0 Å². The summed E-state index contributed by atoms with van der Waals surface area (Å²) in [5.41, 5.74) is 0. The molecule has 0 aromatic carbocycles. The Bertz CT molecular complexity index is 124. The average molecular weight is 155 g/mol. The first-order chi connectivity index (χ1) is 3.42. The van der Waals surface area contributed by atoms with Crippen molar-refractivity contribution in [1.82, 2.24) is 0 Å². The number of hydrogen-bond donors (Lipinski definition) is 1. The summed E-state index contributed by atoms with van der Waals surface area (Å²) in [6.45, 7) is 3.14. The highest BCUT2D eigenvalue weighted by Gasteiger charge is 2.23. The monoisotopic (exact) mass is 155 g/mol. The van der Waals surface area contributed by atoms with Gasteiger partial charge in [-0.1, -0.05) is 0 Å². The van der Waals surface area contributed by atoms with Crippen molar-refractivity contribution in [2.45, 2.75) is 0 Å². The van der Waals surface area contributed by atoms with E-state index in [0.717, 1.165) is 0 Å². The predicted molar refractivity (Wildman–Crippen MR) is 34.1 cm³/mol. The van der Waals surface area contributed by atoms with Gasteiger partial charge in [-0.15, -0.1) is 0 Å². The molecule has 0 atom stereocenters. The lowest BCUT2D eigenvalue weighted by atomic mass is 11.8. The van der Waals surface area contributed by atoms with Crippen LogP contribution in [-0.2, 0) is 9.13 Å². The Morgan fingerprint density at radius 3 is 1.88 bits per heavy atom. The molecule has 48 valence electrons. The quantitative estimate of drug-likeness (QED) is 0.611. The van der Waals surface area contributed by atoms with Crippen molar-refractivity contribution in [3.05, 3.63) is 0 Å². The lowest BCUT2D eigenvalue weighted by Gasteiger charge is -2.00. The summed E-state index contributed by atoms with van der Waals surface area (Å²) in [4.78, 5) is 8.92. The second-order valence-electron chi connectivity index (χ2n) is 2.10. The molecule has 0 aliphatic rings. The van der Waals surface area contributed by atoms with Crippen LogP contribution in [0.25, 0.3) is 0 Å². The normalized spacial score (nSPS) is 11.4. The highest BCUT2D eigenvalue weighted by Crippen LogP contribution is 2.49. The third-order valence-corrected chi connectivity index (χ3v) is 4.15. The minimum Gasteiger partial charge on any atom is -0.251 e. The molecular formula is C3H9O3P2+. The fraction of sp³-hybridized carbons (Fsp3) is 1.00. The van der Waals surface area contributed by atoms with E-state index in [2.05, 4.69) is 0 Å². The van der Waals surface area contributed by atoms with E-state index >= 15 is 0 Å². The van der Waals surface area contributed by atoms with Gasteiger partial charge in [-0.3, -0.25) is 4.89 Å². The maximum Gasteiger partial charge on any atom is 0.356 e. The lowest BCUT2D eigenvalue weighted by molar-refractivity contribution is 0.517. The van der Waals surface area contributed by atoms with E-state index in [1.807, 2.05) is 0 Å². The van der Waals surface area contributed by atoms with Crippen LogP contribution in [0, 0.1) is 0 Å². The molecule has 0 aliphatic heterocycles. The van der Waals surface area contributed by atoms with Crippen LogP contribution in [0.1, 0.15) is 0 Å². The van der Waals surface area contributed by atoms with E-state index in [9.17, 15) is 9.13 Å². The van der Waals surface area contributed by atoms with Crippen LogP contribution >= 0.6 is 15.2 Å². The molecule has 3 nitrogen and oxygen atoms in total. The third kappa shape index (κ3) is 6.29. The summed E-state index contributed by atoms with van der Waals surface area (Å²) in [5, 5.41) is 0. The standard InChI is InChI=1S/C3H9O3P2/c1-8(2,6)3-7(4)5/h6H,3H2,1-2H3/q+1. The predicted octanol–water partition coefficient (Wildman–Crippen LogP) is 1.30. The Labute approximate surface area is 49.3 Å². The molecule has 0 fully saturated rings. The van der Waals surface area contributed by atoms with Crippen LogP contribution in [0.5, 0.6) is 0 Å². The van der Waals surface area contributed by atoms with Gasteiger partial charge in [-0.25, -0.2) is 9.13 Å². The molecular weight excluding hydrogens is 146 g/mol. The largest absolute Gasteiger partial charge is 0.356 e. The second-order valence-corrected chi connectivity index (χ2v) is 7.13. The Morgan fingerprint density at radius 1 is 1.50 bits per heavy atom. The topological polar surface area (TPSA) is 54.4 Å². The zero-order chi connectivity index (χ0) is 6.78. The highest BCUT2D eigenvalue weighted by atomic mass is 31.2. The van der Waals surface area contributed by atoms with E-state index in [-0.39, 0.29) is 5.90 Å². The van der Waals surface area contributed by atoms with Crippen molar-refractivity contribution in [3.8, 4) is 0 Å². The molecule has 0 bridgehead atoms. The first kappa shape index (κ1) is 8.29. The third-order valence-electron chi connectivity index (χ3n) is 0.462. The van der Waals surface area contributed by atoms with Crippen molar-refractivity contribution in [2.75, 3.05) is 19.2 Å². The van der Waals surface area contributed by atoms with Gasteiger partial charge in [0, 0.05) is 0 Å². The fourth-order valence-corrected chi connectivity index (χ4v) is 2.54. The second kappa shape index (κ2) is 2.72. The SMILES string of the molecule is C[P+](C)(O)CP(=O)=O. The van der Waals surface area contributed by atoms with Crippen molar-refractivity contribution in [2.24, 2.45) is 0 Å². The molecule has 0 spiro atoms. The van der Waals surface area contributed by atoms with Gasteiger partial charge < -0.3 is 0 Å². The van der Waals surface area contributed by atoms with Crippen LogP contribution in [0.4, 0.5) is 0 Å². The molecule has 0 aromatic rings. The van der Waals surface area contributed by atoms with E-state index in [0.29, 0.717) is 0 Å². The van der Waals surface area contributed by atoms with Crippen molar-refractivity contribution in [3.63, 3.8) is 0 Å². The summed E-state index contributed by atoms with van der Waals surface area (Å²) < 4.78 is 19.8. The van der Waals surface area contributed by atoms with Crippen LogP contribution in [0.2, 0.25) is 0 Å². The molecule has 0 radical (unpaired) electrons. The van der Waals surface area contributed by atoms with Crippen molar-refractivity contribution < 1.29 is 14.0 Å². The van der Waals surface area contributed by atoms with Gasteiger partial charge in [-0.05, 0) is 0 Å². The highest BCUT2D eigenvalue weighted by molar-refractivity contribution is 7.75. The van der Waals surface area contributed by atoms with Crippen LogP contribution < -0.4 is 0 Å². The maximum absolute atomic E-state index is 9.92. The van der Waals surface area contributed by atoms with E-state index in [4.69, 9.17) is 4.89 Å². The molecule has 0 heterocycles. The molecule has 0 aliphatic carbocycles. The van der Waals surface area contributed by atoms with Gasteiger partial charge in [0.2, 0.25) is 0 Å². The first-order valence-corrected chi connectivity index (χ1v) is 6.28. The Kier molecular flexibility index (Phi) is 2.82. The van der Waals surface area contributed by atoms with E-state index < -0.39 is 15.2 Å². The van der Waals surface area contributed by atoms with Gasteiger partial charge in [-0.2, -0.15) is 0 Å². The fourth-order valence-electron chi connectivity index (χ4n) is 0.283. The molecule has 1 N–H and O–H groups in total. The van der Waals surface area contributed by atoms with Gasteiger partial charge in [0.05, 0.1) is 13.3 Å². The zero-order valence-corrected chi connectivity index (χ0v) is 6.65. The molecule has 0 amide bonds. The molecule has 8 heavy (non-hydrogen) atoms. The van der Waals surface area contributed by atoms with Gasteiger partial charge in [0.25, 0.3) is 0 Å². The van der Waals surface area contributed by atoms with Gasteiger partial charge >= 0.3 is 7.68 Å². The zero-order valence-electron chi connectivity index (χ0n) is 4.87. The molecule has 0 saturated heterocycles. The maximum atomic E-state index is 9.92. The summed E-state index contributed by atoms with van der Waals surface area (Å²) in [6, 6.07) is 0. The summed E-state index contributed by atoms with van der Waals surface area (Å²) in [6.07, 6.45) is 0. The summed E-state index contributed by atoms with van der Waals surface area (Å²) in [7, 11) is -4.46. The minimum absolute atomic E-state index is 0.0532. The Hall–Kier alpha value is 0.290. The number of rotatable bonds is 2. The van der Waals surface area contributed by atoms with Crippen LogP contribution in [-0.4, -0.2) is 24.1 Å². The molecule has 0 unspecified atom stereocenters. The van der Waals surface area contributed by atoms with Crippen molar-refractivity contribution in [1.29, 1.82) is 0 Å². The minimum atomic E-state index is -2.39. The van der Waals surface area contributed by atoms with E-state index in [1.54, 1.807) is 13.3 Å². The lowest BCUT2D eigenvalue weighted by Crippen LogP contribution is -1.85. The first-order valence-electron chi connectivity index (χ1n) is 2.09.